The SMILES string of the molecule is CC(CNC1CCCc2ccc(O)cc21)NC(=O)OC(C)(C)C. The van der Waals surface area contributed by atoms with Gasteiger partial charge in [-0.25, -0.2) is 4.79 Å². The summed E-state index contributed by atoms with van der Waals surface area (Å²) >= 11 is 0. The molecule has 23 heavy (non-hydrogen) atoms. The second-order valence-electron chi connectivity index (χ2n) is 7.28. The molecule has 1 aliphatic carbocycles. The third kappa shape index (κ3) is 5.43. The lowest BCUT2D eigenvalue weighted by Crippen LogP contribution is -2.43. The van der Waals surface area contributed by atoms with E-state index < -0.39 is 11.7 Å². The molecule has 0 saturated carbocycles. The summed E-state index contributed by atoms with van der Waals surface area (Å²) in [5.74, 6) is 0.303. The van der Waals surface area contributed by atoms with Gasteiger partial charge in [-0.15, -0.1) is 0 Å². The molecule has 0 radical (unpaired) electrons. The van der Waals surface area contributed by atoms with Crippen LogP contribution in [0.25, 0.3) is 0 Å². The van der Waals surface area contributed by atoms with Crippen molar-refractivity contribution in [3.8, 4) is 5.75 Å². The van der Waals surface area contributed by atoms with Crippen LogP contribution in [0.15, 0.2) is 18.2 Å². The Morgan fingerprint density at radius 3 is 2.87 bits per heavy atom. The van der Waals surface area contributed by atoms with Gasteiger partial charge in [0, 0.05) is 18.6 Å². The zero-order valence-electron chi connectivity index (χ0n) is 14.5. The first-order chi connectivity index (χ1) is 10.7. The Balaban J connectivity index is 1.87. The Morgan fingerprint density at radius 2 is 2.17 bits per heavy atom. The van der Waals surface area contributed by atoms with Crippen molar-refractivity contribution in [1.82, 2.24) is 10.6 Å². The molecule has 0 aromatic heterocycles. The molecule has 1 aliphatic rings. The number of fused-ring (bicyclic) bond motifs is 1. The van der Waals surface area contributed by atoms with Crippen LogP contribution in [-0.2, 0) is 11.2 Å². The third-order valence-electron chi connectivity index (χ3n) is 3.88. The number of aromatic hydroxyl groups is 1. The zero-order valence-corrected chi connectivity index (χ0v) is 14.5. The molecule has 0 bridgehead atoms. The van der Waals surface area contributed by atoms with Gasteiger partial charge in [0.25, 0.3) is 0 Å². The molecule has 128 valence electrons. The lowest BCUT2D eigenvalue weighted by atomic mass is 9.87. The molecule has 2 unspecified atom stereocenters. The first kappa shape index (κ1) is 17.6. The van der Waals surface area contributed by atoms with E-state index >= 15 is 0 Å². The lowest BCUT2D eigenvalue weighted by Gasteiger charge is -2.28. The quantitative estimate of drug-likeness (QED) is 0.796. The van der Waals surface area contributed by atoms with Crippen molar-refractivity contribution < 1.29 is 14.6 Å². The van der Waals surface area contributed by atoms with Crippen molar-refractivity contribution in [3.63, 3.8) is 0 Å². The van der Waals surface area contributed by atoms with E-state index in [-0.39, 0.29) is 12.1 Å². The number of hydrogen-bond acceptors (Lipinski definition) is 4. The van der Waals surface area contributed by atoms with Crippen LogP contribution in [0.2, 0.25) is 0 Å². The van der Waals surface area contributed by atoms with Gasteiger partial charge in [0.15, 0.2) is 0 Å². The van der Waals surface area contributed by atoms with Crippen molar-refractivity contribution in [2.24, 2.45) is 0 Å². The normalized spacial score (nSPS) is 18.9. The fourth-order valence-corrected chi connectivity index (χ4v) is 2.88. The number of aryl methyl sites for hydroxylation is 1. The van der Waals surface area contributed by atoms with Crippen LogP contribution >= 0.6 is 0 Å². The maximum atomic E-state index is 11.8. The molecule has 2 rings (SSSR count). The van der Waals surface area contributed by atoms with Crippen LogP contribution in [0.5, 0.6) is 5.75 Å². The van der Waals surface area contributed by atoms with Gasteiger partial charge in [-0.2, -0.15) is 0 Å². The first-order valence-electron chi connectivity index (χ1n) is 8.29. The average molecular weight is 320 g/mol. The van der Waals surface area contributed by atoms with Gasteiger partial charge < -0.3 is 20.5 Å². The van der Waals surface area contributed by atoms with Gasteiger partial charge in [-0.3, -0.25) is 0 Å². The second kappa shape index (κ2) is 7.21. The van der Waals surface area contributed by atoms with E-state index in [9.17, 15) is 9.90 Å². The van der Waals surface area contributed by atoms with E-state index in [1.54, 1.807) is 6.07 Å². The predicted octanol–water partition coefficient (Wildman–Crippen LogP) is 3.27. The van der Waals surface area contributed by atoms with Crippen LogP contribution in [0.3, 0.4) is 0 Å². The molecule has 3 N–H and O–H groups in total. The first-order valence-corrected chi connectivity index (χ1v) is 8.29. The number of alkyl carbamates (subject to hydrolysis) is 1. The maximum absolute atomic E-state index is 11.8. The molecule has 1 aromatic carbocycles. The van der Waals surface area contributed by atoms with Crippen LogP contribution in [0.4, 0.5) is 4.79 Å². The summed E-state index contributed by atoms with van der Waals surface area (Å²) in [5, 5.41) is 16.0. The summed E-state index contributed by atoms with van der Waals surface area (Å²) in [4.78, 5) is 11.8. The summed E-state index contributed by atoms with van der Waals surface area (Å²) in [6, 6.07) is 5.77. The van der Waals surface area contributed by atoms with Gasteiger partial charge >= 0.3 is 6.09 Å². The molecule has 0 saturated heterocycles. The molecule has 5 heteroatoms. The Labute approximate surface area is 138 Å². The highest BCUT2D eigenvalue weighted by molar-refractivity contribution is 5.68. The monoisotopic (exact) mass is 320 g/mol. The van der Waals surface area contributed by atoms with Crippen LogP contribution < -0.4 is 10.6 Å². The van der Waals surface area contributed by atoms with Crippen molar-refractivity contribution >= 4 is 6.09 Å². The molecule has 5 nitrogen and oxygen atoms in total. The highest BCUT2D eigenvalue weighted by Crippen LogP contribution is 2.31. The topological polar surface area (TPSA) is 70.6 Å². The Kier molecular flexibility index (Phi) is 5.52. The number of rotatable bonds is 4. The summed E-state index contributed by atoms with van der Waals surface area (Å²) in [7, 11) is 0. The van der Waals surface area contributed by atoms with Crippen LogP contribution in [0.1, 0.15) is 57.7 Å². The summed E-state index contributed by atoms with van der Waals surface area (Å²) < 4.78 is 5.26. The minimum atomic E-state index is -0.489. The van der Waals surface area contributed by atoms with E-state index in [1.165, 1.54) is 11.1 Å². The number of nitrogens with one attached hydrogen (secondary N) is 2. The molecule has 0 fully saturated rings. The fourth-order valence-electron chi connectivity index (χ4n) is 2.88. The predicted molar refractivity (Wildman–Crippen MR) is 90.6 cm³/mol. The van der Waals surface area contributed by atoms with E-state index in [1.807, 2.05) is 39.8 Å². The van der Waals surface area contributed by atoms with E-state index in [0.717, 1.165) is 19.3 Å². The standard InChI is InChI=1S/C18H28N2O3/c1-12(20-17(22)23-18(2,3)4)11-19-16-7-5-6-13-8-9-14(21)10-15(13)16/h8-10,12,16,19,21H,5-7,11H2,1-4H3,(H,20,22). The molecular formula is C18H28N2O3. The molecule has 1 amide bonds. The van der Waals surface area contributed by atoms with Crippen molar-refractivity contribution in [3.05, 3.63) is 29.3 Å². The van der Waals surface area contributed by atoms with Crippen molar-refractivity contribution in [2.75, 3.05) is 6.54 Å². The maximum Gasteiger partial charge on any atom is 0.407 e. The highest BCUT2D eigenvalue weighted by atomic mass is 16.6. The molecule has 0 spiro atoms. The number of benzene rings is 1. The van der Waals surface area contributed by atoms with Gasteiger partial charge in [0.2, 0.25) is 0 Å². The van der Waals surface area contributed by atoms with Gasteiger partial charge in [-0.1, -0.05) is 6.07 Å². The third-order valence-corrected chi connectivity index (χ3v) is 3.88. The number of carbonyl (C=O) groups is 1. The zero-order chi connectivity index (χ0) is 17.0. The average Bonchev–Trinajstić information content (AvgIpc) is 2.42. The molecule has 0 aliphatic heterocycles. The van der Waals surface area contributed by atoms with Crippen molar-refractivity contribution in [1.29, 1.82) is 0 Å². The van der Waals surface area contributed by atoms with Crippen LogP contribution in [-0.4, -0.2) is 29.4 Å². The molecule has 1 aromatic rings. The van der Waals surface area contributed by atoms with E-state index in [2.05, 4.69) is 10.6 Å². The molecular weight excluding hydrogens is 292 g/mol. The van der Waals surface area contributed by atoms with E-state index in [0.29, 0.717) is 12.3 Å². The number of phenolic OH excluding ortho intramolecular Hbond substituents is 1. The largest absolute Gasteiger partial charge is 0.508 e. The Morgan fingerprint density at radius 1 is 1.43 bits per heavy atom. The molecule has 0 heterocycles. The van der Waals surface area contributed by atoms with Gasteiger partial charge in [-0.05, 0) is 70.2 Å². The molecule has 2 atom stereocenters. The minimum absolute atomic E-state index is 0.0347. The minimum Gasteiger partial charge on any atom is -0.508 e. The Hall–Kier alpha value is -1.75. The summed E-state index contributed by atoms with van der Waals surface area (Å²) in [6.07, 6.45) is 2.83. The van der Waals surface area contributed by atoms with Crippen LogP contribution in [0, 0.1) is 0 Å². The van der Waals surface area contributed by atoms with E-state index in [4.69, 9.17) is 4.74 Å². The number of phenols is 1. The number of carbonyl (C=O) groups excluding carboxylic acids is 1. The highest BCUT2D eigenvalue weighted by Gasteiger charge is 2.22. The summed E-state index contributed by atoms with van der Waals surface area (Å²) in [6.45, 7) is 8.14. The lowest BCUT2D eigenvalue weighted by molar-refractivity contribution is 0.0507. The van der Waals surface area contributed by atoms with Gasteiger partial charge in [0.1, 0.15) is 11.4 Å². The summed E-state index contributed by atoms with van der Waals surface area (Å²) in [5.41, 5.74) is 1.97. The number of amides is 1. The smallest absolute Gasteiger partial charge is 0.407 e. The fraction of sp³-hybridized carbons (Fsp3) is 0.611. The number of ether oxygens (including phenoxy) is 1. The van der Waals surface area contributed by atoms with Crippen molar-refractivity contribution in [2.45, 2.75) is 64.6 Å². The van der Waals surface area contributed by atoms with Gasteiger partial charge in [0.05, 0.1) is 0 Å². The second-order valence-corrected chi connectivity index (χ2v) is 7.28. The Bertz CT molecular complexity index is 552. The number of hydrogen-bond donors (Lipinski definition) is 3.